The van der Waals surface area contributed by atoms with Gasteiger partial charge in [0.05, 0.1) is 6.61 Å². The van der Waals surface area contributed by atoms with Crippen LogP contribution < -0.4 is 10.6 Å². The summed E-state index contributed by atoms with van der Waals surface area (Å²) in [6.45, 7) is 4.79. The number of hydrogen-bond donors (Lipinski definition) is 2. The van der Waals surface area contributed by atoms with Gasteiger partial charge in [-0.2, -0.15) is 0 Å². The summed E-state index contributed by atoms with van der Waals surface area (Å²) in [6.07, 6.45) is 5.42. The average molecular weight is 334 g/mol. The molecule has 1 saturated heterocycles. The van der Waals surface area contributed by atoms with Crippen LogP contribution in [0.3, 0.4) is 0 Å². The Morgan fingerprint density at radius 2 is 2.00 bits per heavy atom. The molecule has 0 radical (unpaired) electrons. The van der Waals surface area contributed by atoms with Gasteiger partial charge in [0.2, 0.25) is 5.91 Å². The number of rotatable bonds is 7. The summed E-state index contributed by atoms with van der Waals surface area (Å²) in [4.78, 5) is 29.1. The third kappa shape index (κ3) is 6.16. The first-order valence-electron chi connectivity index (χ1n) is 8.49. The van der Waals surface area contributed by atoms with E-state index in [4.69, 9.17) is 4.74 Å². The van der Waals surface area contributed by atoms with Crippen molar-refractivity contribution in [2.75, 3.05) is 26.2 Å². The molecule has 0 aliphatic carbocycles. The summed E-state index contributed by atoms with van der Waals surface area (Å²) >= 11 is 0. The zero-order valence-corrected chi connectivity index (χ0v) is 14.2. The highest BCUT2D eigenvalue weighted by atomic mass is 16.6. The van der Waals surface area contributed by atoms with E-state index in [9.17, 15) is 9.59 Å². The van der Waals surface area contributed by atoms with Gasteiger partial charge in [0.1, 0.15) is 0 Å². The van der Waals surface area contributed by atoms with Crippen LogP contribution in [0.15, 0.2) is 24.5 Å². The molecule has 2 heterocycles. The highest BCUT2D eigenvalue weighted by Gasteiger charge is 2.23. The van der Waals surface area contributed by atoms with E-state index in [0.29, 0.717) is 45.2 Å². The van der Waals surface area contributed by atoms with Gasteiger partial charge in [-0.25, -0.2) is 4.79 Å². The highest BCUT2D eigenvalue weighted by molar-refractivity contribution is 5.76. The second-order valence-electron chi connectivity index (χ2n) is 5.80. The Labute approximate surface area is 142 Å². The molecule has 0 aromatic carbocycles. The van der Waals surface area contributed by atoms with Crippen molar-refractivity contribution in [1.82, 2.24) is 20.5 Å². The maximum atomic E-state index is 11.8. The van der Waals surface area contributed by atoms with Crippen molar-refractivity contribution >= 4 is 12.0 Å². The molecule has 0 spiro atoms. The third-order valence-electron chi connectivity index (χ3n) is 4.05. The minimum Gasteiger partial charge on any atom is -0.450 e. The number of carbonyl (C=O) groups excluding carboxylic acids is 2. The second-order valence-corrected chi connectivity index (χ2v) is 5.80. The first-order valence-corrected chi connectivity index (χ1v) is 8.49. The zero-order valence-electron chi connectivity index (χ0n) is 14.2. The average Bonchev–Trinajstić information content (AvgIpc) is 2.61. The van der Waals surface area contributed by atoms with Crippen LogP contribution in [0.2, 0.25) is 0 Å². The largest absolute Gasteiger partial charge is 0.450 e. The van der Waals surface area contributed by atoms with Crippen molar-refractivity contribution in [3.63, 3.8) is 0 Å². The molecule has 24 heavy (non-hydrogen) atoms. The maximum absolute atomic E-state index is 11.8. The number of piperidine rings is 1. The van der Waals surface area contributed by atoms with Gasteiger partial charge in [-0.15, -0.1) is 0 Å². The number of carbonyl (C=O) groups is 2. The summed E-state index contributed by atoms with van der Waals surface area (Å²) < 4.78 is 5.00. The van der Waals surface area contributed by atoms with E-state index >= 15 is 0 Å². The van der Waals surface area contributed by atoms with Crippen LogP contribution in [-0.4, -0.2) is 54.2 Å². The van der Waals surface area contributed by atoms with Gasteiger partial charge in [-0.3, -0.25) is 9.78 Å². The van der Waals surface area contributed by atoms with Crippen LogP contribution in [0.25, 0.3) is 0 Å². The standard InChI is InChI=1S/C17H26N4O3/c1-2-24-17(23)21-11-6-15(7-12-21)19-10-5-16(22)20-13-14-3-8-18-9-4-14/h3-4,8-9,15,19H,2,5-7,10-13H2,1H3,(H,20,22). The summed E-state index contributed by atoms with van der Waals surface area (Å²) in [6, 6.07) is 4.12. The number of aromatic nitrogens is 1. The normalized spacial score (nSPS) is 15.1. The highest BCUT2D eigenvalue weighted by Crippen LogP contribution is 2.11. The van der Waals surface area contributed by atoms with Crippen LogP contribution >= 0.6 is 0 Å². The molecule has 7 heteroatoms. The number of pyridine rings is 1. The molecular weight excluding hydrogens is 308 g/mol. The van der Waals surface area contributed by atoms with Gasteiger partial charge in [0, 0.05) is 51.0 Å². The van der Waals surface area contributed by atoms with Crippen molar-refractivity contribution in [3.05, 3.63) is 30.1 Å². The molecule has 132 valence electrons. The number of nitrogens with one attached hydrogen (secondary N) is 2. The summed E-state index contributed by atoms with van der Waals surface area (Å²) in [5.74, 6) is 0.0308. The lowest BCUT2D eigenvalue weighted by molar-refractivity contribution is -0.121. The fourth-order valence-electron chi connectivity index (χ4n) is 2.66. The van der Waals surface area contributed by atoms with Crippen molar-refractivity contribution in [1.29, 1.82) is 0 Å². The molecule has 2 N–H and O–H groups in total. The Bertz CT molecular complexity index is 516. The van der Waals surface area contributed by atoms with Crippen LogP contribution in [0.4, 0.5) is 4.79 Å². The van der Waals surface area contributed by atoms with E-state index < -0.39 is 0 Å². The van der Waals surface area contributed by atoms with E-state index in [0.717, 1.165) is 18.4 Å². The molecule has 0 saturated carbocycles. The van der Waals surface area contributed by atoms with Crippen LogP contribution in [0.1, 0.15) is 31.7 Å². The molecule has 1 aliphatic rings. The Hall–Kier alpha value is -2.15. The van der Waals surface area contributed by atoms with Crippen molar-refractivity contribution in [2.24, 2.45) is 0 Å². The van der Waals surface area contributed by atoms with Gasteiger partial charge in [0.25, 0.3) is 0 Å². The summed E-state index contributed by atoms with van der Waals surface area (Å²) in [7, 11) is 0. The molecule has 1 aromatic rings. The van der Waals surface area contributed by atoms with Gasteiger partial charge in [-0.05, 0) is 37.5 Å². The topological polar surface area (TPSA) is 83.6 Å². The smallest absolute Gasteiger partial charge is 0.409 e. The third-order valence-corrected chi connectivity index (χ3v) is 4.05. The lowest BCUT2D eigenvalue weighted by Gasteiger charge is -2.31. The molecular formula is C17H26N4O3. The van der Waals surface area contributed by atoms with E-state index in [1.807, 2.05) is 19.1 Å². The van der Waals surface area contributed by atoms with E-state index in [2.05, 4.69) is 15.6 Å². The Morgan fingerprint density at radius 1 is 1.29 bits per heavy atom. The molecule has 0 bridgehead atoms. The fourth-order valence-corrected chi connectivity index (χ4v) is 2.66. The van der Waals surface area contributed by atoms with E-state index in [1.54, 1.807) is 17.3 Å². The predicted molar refractivity (Wildman–Crippen MR) is 90.3 cm³/mol. The molecule has 1 aliphatic heterocycles. The van der Waals surface area contributed by atoms with Gasteiger partial charge in [0.15, 0.2) is 0 Å². The summed E-state index contributed by atoms with van der Waals surface area (Å²) in [5.41, 5.74) is 1.04. The molecule has 1 aromatic heterocycles. The van der Waals surface area contributed by atoms with E-state index in [1.165, 1.54) is 0 Å². The van der Waals surface area contributed by atoms with Gasteiger partial charge >= 0.3 is 6.09 Å². The first-order chi connectivity index (χ1) is 11.7. The minimum absolute atomic E-state index is 0.0308. The second kappa shape index (κ2) is 9.87. The number of ether oxygens (including phenoxy) is 1. The minimum atomic E-state index is -0.230. The molecule has 0 unspecified atom stereocenters. The van der Waals surface area contributed by atoms with Crippen LogP contribution in [0, 0.1) is 0 Å². The zero-order chi connectivity index (χ0) is 17.2. The lowest BCUT2D eigenvalue weighted by Crippen LogP contribution is -2.45. The Morgan fingerprint density at radius 3 is 2.67 bits per heavy atom. The molecule has 2 amide bonds. The van der Waals surface area contributed by atoms with Gasteiger partial charge < -0.3 is 20.3 Å². The Balaban J connectivity index is 1.56. The summed E-state index contributed by atoms with van der Waals surface area (Å²) in [5, 5.41) is 6.29. The number of likely N-dealkylation sites (tertiary alicyclic amines) is 1. The van der Waals surface area contributed by atoms with Crippen LogP contribution in [-0.2, 0) is 16.1 Å². The first kappa shape index (κ1) is 18.2. The van der Waals surface area contributed by atoms with Gasteiger partial charge in [-0.1, -0.05) is 0 Å². The van der Waals surface area contributed by atoms with Crippen molar-refractivity contribution in [2.45, 2.75) is 38.8 Å². The lowest BCUT2D eigenvalue weighted by atomic mass is 10.1. The number of nitrogens with zero attached hydrogens (tertiary/aromatic N) is 2. The van der Waals surface area contributed by atoms with Crippen molar-refractivity contribution < 1.29 is 14.3 Å². The quantitative estimate of drug-likeness (QED) is 0.785. The van der Waals surface area contributed by atoms with Crippen molar-refractivity contribution in [3.8, 4) is 0 Å². The fraction of sp³-hybridized carbons (Fsp3) is 0.588. The predicted octanol–water partition coefficient (Wildman–Crippen LogP) is 1.30. The Kier molecular flexibility index (Phi) is 7.48. The van der Waals surface area contributed by atoms with Crippen LogP contribution in [0.5, 0.6) is 0 Å². The molecule has 2 rings (SSSR count). The number of hydrogen-bond acceptors (Lipinski definition) is 5. The SMILES string of the molecule is CCOC(=O)N1CCC(NCCC(=O)NCc2ccncc2)CC1. The monoisotopic (exact) mass is 334 g/mol. The molecule has 0 atom stereocenters. The molecule has 7 nitrogen and oxygen atoms in total. The number of amides is 2. The van der Waals surface area contributed by atoms with E-state index in [-0.39, 0.29) is 12.0 Å². The maximum Gasteiger partial charge on any atom is 0.409 e. The molecule has 1 fully saturated rings.